The Morgan fingerprint density at radius 3 is 2.55 bits per heavy atom. The van der Waals surface area contributed by atoms with Crippen LogP contribution >= 0.6 is 0 Å². The number of H-pyrrole nitrogens is 1. The number of benzene rings is 2. The van der Waals surface area contributed by atoms with Crippen LogP contribution < -0.4 is 4.74 Å². The van der Waals surface area contributed by atoms with Crippen molar-refractivity contribution in [3.8, 4) is 11.5 Å². The Bertz CT molecular complexity index is 775. The van der Waals surface area contributed by atoms with Gasteiger partial charge in [-0.05, 0) is 36.8 Å². The first-order valence-electron chi connectivity index (χ1n) is 6.23. The largest absolute Gasteiger partial charge is 0.477 e. The minimum Gasteiger partial charge on any atom is -0.477 e. The van der Waals surface area contributed by atoms with Gasteiger partial charge >= 0.3 is 5.97 Å². The molecule has 0 amide bonds. The highest BCUT2D eigenvalue weighted by Crippen LogP contribution is 2.28. The molecule has 0 saturated heterocycles. The zero-order valence-electron chi connectivity index (χ0n) is 10.9. The third-order valence-corrected chi connectivity index (χ3v) is 3.22. The molecule has 1 heterocycles. The Labute approximate surface area is 115 Å². The Balaban J connectivity index is 2.01. The number of carboxylic acid groups (broad SMARTS) is 1. The van der Waals surface area contributed by atoms with E-state index in [2.05, 4.69) is 4.98 Å². The summed E-state index contributed by atoms with van der Waals surface area (Å²) in [5.74, 6) is 0.458. The normalized spacial score (nSPS) is 10.7. The number of aryl methyl sites for hydroxylation is 1. The molecule has 3 rings (SSSR count). The molecule has 0 radical (unpaired) electrons. The van der Waals surface area contributed by atoms with Crippen LogP contribution in [-0.2, 0) is 0 Å². The van der Waals surface area contributed by atoms with Crippen molar-refractivity contribution in [1.29, 1.82) is 0 Å². The first-order valence-corrected chi connectivity index (χ1v) is 6.23. The fraction of sp³-hybridized carbons (Fsp3) is 0.0625. The van der Waals surface area contributed by atoms with Gasteiger partial charge in [-0.15, -0.1) is 0 Å². The SMILES string of the molecule is Cc1c(C(=O)O)[nH]c2cc(Oc3ccccc3)ccc12. The molecular formula is C16H13NO3. The molecule has 4 heteroatoms. The van der Waals surface area contributed by atoms with E-state index in [0.29, 0.717) is 5.75 Å². The monoisotopic (exact) mass is 267 g/mol. The third kappa shape index (κ3) is 2.12. The van der Waals surface area contributed by atoms with Crippen molar-refractivity contribution in [3.05, 3.63) is 59.8 Å². The van der Waals surface area contributed by atoms with E-state index in [1.165, 1.54) is 0 Å². The van der Waals surface area contributed by atoms with E-state index in [1.807, 2.05) is 48.5 Å². The highest BCUT2D eigenvalue weighted by atomic mass is 16.5. The van der Waals surface area contributed by atoms with Crippen molar-refractivity contribution < 1.29 is 14.6 Å². The quantitative estimate of drug-likeness (QED) is 0.754. The van der Waals surface area contributed by atoms with Crippen LogP contribution in [0.2, 0.25) is 0 Å². The number of carboxylic acids is 1. The van der Waals surface area contributed by atoms with E-state index in [9.17, 15) is 4.79 Å². The number of aromatic carboxylic acids is 1. The molecule has 0 atom stereocenters. The minimum atomic E-state index is -0.954. The van der Waals surface area contributed by atoms with Gasteiger partial charge in [0, 0.05) is 11.5 Å². The number of ether oxygens (including phenoxy) is 1. The summed E-state index contributed by atoms with van der Waals surface area (Å²) < 4.78 is 5.73. The summed E-state index contributed by atoms with van der Waals surface area (Å²) >= 11 is 0. The Kier molecular flexibility index (Phi) is 2.91. The van der Waals surface area contributed by atoms with Gasteiger partial charge in [-0.1, -0.05) is 18.2 Å². The van der Waals surface area contributed by atoms with Crippen LogP contribution in [0.15, 0.2) is 48.5 Å². The first-order chi connectivity index (χ1) is 9.65. The maximum Gasteiger partial charge on any atom is 0.352 e. The van der Waals surface area contributed by atoms with Crippen LogP contribution in [0.4, 0.5) is 0 Å². The third-order valence-electron chi connectivity index (χ3n) is 3.22. The summed E-state index contributed by atoms with van der Waals surface area (Å²) in [6, 6.07) is 15.0. The molecule has 0 fully saturated rings. The summed E-state index contributed by atoms with van der Waals surface area (Å²) in [6.07, 6.45) is 0. The number of fused-ring (bicyclic) bond motifs is 1. The predicted octanol–water partition coefficient (Wildman–Crippen LogP) is 3.97. The molecule has 100 valence electrons. The molecule has 0 aliphatic carbocycles. The molecule has 0 aliphatic rings. The van der Waals surface area contributed by atoms with Gasteiger partial charge in [-0.2, -0.15) is 0 Å². The number of rotatable bonds is 3. The Hall–Kier alpha value is -2.75. The molecule has 0 aliphatic heterocycles. The molecule has 0 bridgehead atoms. The minimum absolute atomic E-state index is 0.219. The topological polar surface area (TPSA) is 62.3 Å². The number of hydrogen-bond acceptors (Lipinski definition) is 2. The molecule has 4 nitrogen and oxygen atoms in total. The molecule has 1 aromatic heterocycles. The predicted molar refractivity (Wildman–Crippen MR) is 76.5 cm³/mol. The van der Waals surface area contributed by atoms with Crippen LogP contribution in [0.25, 0.3) is 10.9 Å². The van der Waals surface area contributed by atoms with Gasteiger partial charge in [-0.25, -0.2) is 4.79 Å². The van der Waals surface area contributed by atoms with Crippen LogP contribution in [0.3, 0.4) is 0 Å². The lowest BCUT2D eigenvalue weighted by Crippen LogP contribution is -1.97. The Morgan fingerprint density at radius 2 is 1.85 bits per heavy atom. The summed E-state index contributed by atoms with van der Waals surface area (Å²) in [6.45, 7) is 1.79. The molecule has 2 aromatic carbocycles. The molecule has 0 spiro atoms. The molecule has 20 heavy (non-hydrogen) atoms. The second kappa shape index (κ2) is 4.74. The highest BCUT2D eigenvalue weighted by molar-refractivity contribution is 5.97. The standard InChI is InChI=1S/C16H13NO3/c1-10-13-8-7-12(20-11-5-3-2-4-6-11)9-14(13)17-15(10)16(18)19/h2-9,17H,1H3,(H,18,19). The van der Waals surface area contributed by atoms with Gasteiger partial charge < -0.3 is 14.8 Å². The van der Waals surface area contributed by atoms with Gasteiger partial charge in [0.25, 0.3) is 0 Å². The smallest absolute Gasteiger partial charge is 0.352 e. The summed E-state index contributed by atoms with van der Waals surface area (Å²) in [4.78, 5) is 14.0. The van der Waals surface area contributed by atoms with Crippen molar-refractivity contribution in [2.24, 2.45) is 0 Å². The van der Waals surface area contributed by atoms with E-state index < -0.39 is 5.97 Å². The van der Waals surface area contributed by atoms with Gasteiger partial charge in [-0.3, -0.25) is 0 Å². The zero-order valence-corrected chi connectivity index (χ0v) is 10.9. The lowest BCUT2D eigenvalue weighted by molar-refractivity contribution is 0.0691. The lowest BCUT2D eigenvalue weighted by atomic mass is 10.1. The average Bonchev–Trinajstić information content (AvgIpc) is 2.77. The molecule has 0 saturated carbocycles. The molecule has 0 unspecified atom stereocenters. The Morgan fingerprint density at radius 1 is 1.10 bits per heavy atom. The van der Waals surface area contributed by atoms with Crippen molar-refractivity contribution in [1.82, 2.24) is 4.98 Å². The van der Waals surface area contributed by atoms with Gasteiger partial charge in [0.1, 0.15) is 17.2 Å². The van der Waals surface area contributed by atoms with E-state index in [-0.39, 0.29) is 5.69 Å². The fourth-order valence-corrected chi connectivity index (χ4v) is 2.22. The molecule has 3 aromatic rings. The number of aromatic nitrogens is 1. The molecular weight excluding hydrogens is 254 g/mol. The lowest BCUT2D eigenvalue weighted by Gasteiger charge is -2.05. The van der Waals surface area contributed by atoms with E-state index >= 15 is 0 Å². The second-order valence-corrected chi connectivity index (χ2v) is 4.55. The number of hydrogen-bond donors (Lipinski definition) is 2. The van der Waals surface area contributed by atoms with Crippen LogP contribution in [0.1, 0.15) is 16.1 Å². The van der Waals surface area contributed by atoms with E-state index in [4.69, 9.17) is 9.84 Å². The van der Waals surface area contributed by atoms with Crippen molar-refractivity contribution >= 4 is 16.9 Å². The summed E-state index contributed by atoms with van der Waals surface area (Å²) in [5.41, 5.74) is 1.71. The van der Waals surface area contributed by atoms with Crippen LogP contribution in [-0.4, -0.2) is 16.1 Å². The number of nitrogens with one attached hydrogen (secondary N) is 1. The van der Waals surface area contributed by atoms with Crippen LogP contribution in [0, 0.1) is 6.92 Å². The zero-order chi connectivity index (χ0) is 14.1. The van der Waals surface area contributed by atoms with Crippen molar-refractivity contribution in [2.75, 3.05) is 0 Å². The fourth-order valence-electron chi connectivity index (χ4n) is 2.22. The van der Waals surface area contributed by atoms with E-state index in [1.54, 1.807) is 6.92 Å². The number of aromatic amines is 1. The van der Waals surface area contributed by atoms with Gasteiger partial charge in [0.15, 0.2) is 0 Å². The number of carbonyl (C=O) groups is 1. The summed E-state index contributed by atoms with van der Waals surface area (Å²) in [7, 11) is 0. The van der Waals surface area contributed by atoms with E-state index in [0.717, 1.165) is 22.2 Å². The summed E-state index contributed by atoms with van der Waals surface area (Å²) in [5, 5.41) is 10.0. The van der Waals surface area contributed by atoms with Gasteiger partial charge in [0.05, 0.1) is 5.52 Å². The second-order valence-electron chi connectivity index (χ2n) is 4.55. The maximum atomic E-state index is 11.1. The number of para-hydroxylation sites is 1. The molecule has 2 N–H and O–H groups in total. The van der Waals surface area contributed by atoms with Gasteiger partial charge in [0.2, 0.25) is 0 Å². The maximum absolute atomic E-state index is 11.1. The highest BCUT2D eigenvalue weighted by Gasteiger charge is 2.13. The van der Waals surface area contributed by atoms with Crippen molar-refractivity contribution in [2.45, 2.75) is 6.92 Å². The average molecular weight is 267 g/mol. The van der Waals surface area contributed by atoms with Crippen molar-refractivity contribution in [3.63, 3.8) is 0 Å². The van der Waals surface area contributed by atoms with Crippen LogP contribution in [0.5, 0.6) is 11.5 Å². The first kappa shape index (κ1) is 12.3.